The predicted molar refractivity (Wildman–Crippen MR) is 80.7 cm³/mol. The first kappa shape index (κ1) is 16.4. The van der Waals surface area contributed by atoms with Crippen molar-refractivity contribution >= 4 is 0 Å². The predicted octanol–water partition coefficient (Wildman–Crippen LogP) is 3.75. The number of halogens is 2. The van der Waals surface area contributed by atoms with Crippen molar-refractivity contribution in [1.82, 2.24) is 4.90 Å². The van der Waals surface area contributed by atoms with Crippen LogP contribution in [0.25, 0.3) is 0 Å². The second-order valence-corrected chi connectivity index (χ2v) is 7.02. The van der Waals surface area contributed by atoms with Gasteiger partial charge in [0.1, 0.15) is 0 Å². The van der Waals surface area contributed by atoms with Crippen LogP contribution in [0.3, 0.4) is 0 Å². The first-order valence-corrected chi connectivity index (χ1v) is 7.53. The van der Waals surface area contributed by atoms with Gasteiger partial charge >= 0.3 is 0 Å². The second kappa shape index (κ2) is 6.01. The van der Waals surface area contributed by atoms with Gasteiger partial charge in [-0.1, -0.05) is 24.3 Å². The van der Waals surface area contributed by atoms with Crippen molar-refractivity contribution in [1.29, 1.82) is 0 Å². The Labute approximate surface area is 125 Å². The lowest BCUT2D eigenvalue weighted by Crippen LogP contribution is -2.51. The number of benzene rings is 1. The van der Waals surface area contributed by atoms with Gasteiger partial charge in [0.15, 0.2) is 0 Å². The molecule has 1 aromatic carbocycles. The minimum absolute atomic E-state index is 0.0407. The number of hydrogen-bond donors (Lipinski definition) is 1. The van der Waals surface area contributed by atoms with Gasteiger partial charge in [0.05, 0.1) is 6.61 Å². The van der Waals surface area contributed by atoms with Gasteiger partial charge in [-0.05, 0) is 52.3 Å². The molecule has 0 spiro atoms. The van der Waals surface area contributed by atoms with Crippen LogP contribution in [-0.2, 0) is 5.41 Å². The summed E-state index contributed by atoms with van der Waals surface area (Å²) in [6, 6.07) is 6.47. The molecule has 0 unspecified atom stereocenters. The zero-order valence-corrected chi connectivity index (χ0v) is 13.1. The third-order valence-electron chi connectivity index (χ3n) is 4.75. The Kier molecular flexibility index (Phi) is 4.69. The third-order valence-corrected chi connectivity index (χ3v) is 4.75. The molecule has 0 radical (unpaired) electrons. The van der Waals surface area contributed by atoms with Gasteiger partial charge < -0.3 is 5.11 Å². The number of aliphatic hydroxyl groups excluding tert-OH is 1. The number of rotatable bonds is 3. The number of piperidine rings is 1. The van der Waals surface area contributed by atoms with Crippen LogP contribution < -0.4 is 0 Å². The lowest BCUT2D eigenvalue weighted by molar-refractivity contribution is 0.0492. The molecular weight excluding hydrogens is 272 g/mol. The van der Waals surface area contributed by atoms with E-state index in [1.807, 2.05) is 0 Å². The largest absolute Gasteiger partial charge is 0.395 e. The minimum atomic E-state index is -2.44. The van der Waals surface area contributed by atoms with Crippen molar-refractivity contribution in [2.45, 2.75) is 51.0 Å². The van der Waals surface area contributed by atoms with Gasteiger partial charge in [-0.25, -0.2) is 8.78 Å². The Morgan fingerprint density at radius 2 is 1.67 bits per heavy atom. The highest BCUT2D eigenvalue weighted by molar-refractivity contribution is 5.30. The van der Waals surface area contributed by atoms with Crippen LogP contribution in [0, 0.1) is 0 Å². The van der Waals surface area contributed by atoms with Crippen molar-refractivity contribution in [2.24, 2.45) is 0 Å². The van der Waals surface area contributed by atoms with Gasteiger partial charge in [-0.3, -0.25) is 4.90 Å². The van der Waals surface area contributed by atoms with Gasteiger partial charge in [-0.15, -0.1) is 0 Å². The molecule has 4 heteroatoms. The molecule has 0 aliphatic carbocycles. The van der Waals surface area contributed by atoms with Crippen LogP contribution in [0.5, 0.6) is 0 Å². The van der Waals surface area contributed by atoms with E-state index in [1.54, 1.807) is 12.1 Å². The number of likely N-dealkylation sites (tertiary alicyclic amines) is 1. The zero-order chi connectivity index (χ0) is 15.7. The molecule has 1 fully saturated rings. The summed E-state index contributed by atoms with van der Waals surface area (Å²) in [5.74, 6) is 0. The Hall–Kier alpha value is -1.00. The Morgan fingerprint density at radius 1 is 1.14 bits per heavy atom. The van der Waals surface area contributed by atoms with Gasteiger partial charge in [-0.2, -0.15) is 0 Å². The molecular formula is C17H25F2NO. The summed E-state index contributed by atoms with van der Waals surface area (Å²) >= 11 is 0. The molecule has 1 aliphatic heterocycles. The second-order valence-electron chi connectivity index (χ2n) is 7.02. The van der Waals surface area contributed by atoms with Crippen LogP contribution in [0.15, 0.2) is 24.3 Å². The Bertz CT molecular complexity index is 457. The fraction of sp³-hybridized carbons (Fsp3) is 0.647. The molecule has 0 aromatic heterocycles. The highest BCUT2D eigenvalue weighted by Crippen LogP contribution is 2.37. The maximum absolute atomic E-state index is 12.6. The molecule has 0 saturated carbocycles. The minimum Gasteiger partial charge on any atom is -0.395 e. The van der Waals surface area contributed by atoms with E-state index in [1.165, 1.54) is 12.1 Å². The summed E-state index contributed by atoms with van der Waals surface area (Å²) in [5, 5.41) is 9.90. The molecule has 0 amide bonds. The van der Waals surface area contributed by atoms with Crippen LogP contribution in [0.2, 0.25) is 0 Å². The maximum atomic E-state index is 12.6. The standard InChI is InChI=1S/C17H25F2NO/c1-16(2,3)20-10-8-17(12-21,9-11-20)14-6-4-13(5-7-14)15(18)19/h4-7,15,21H,8-12H2,1-3H3. The SMILES string of the molecule is CC(C)(C)N1CCC(CO)(c2ccc(C(F)F)cc2)CC1. The van der Waals surface area contributed by atoms with Crippen molar-refractivity contribution in [3.63, 3.8) is 0 Å². The zero-order valence-electron chi connectivity index (χ0n) is 13.1. The number of nitrogens with zero attached hydrogens (tertiary/aromatic N) is 1. The molecule has 1 aliphatic rings. The van der Waals surface area contributed by atoms with Gasteiger partial charge in [0.25, 0.3) is 6.43 Å². The topological polar surface area (TPSA) is 23.5 Å². The van der Waals surface area contributed by atoms with E-state index in [4.69, 9.17) is 0 Å². The van der Waals surface area contributed by atoms with Crippen LogP contribution >= 0.6 is 0 Å². The highest BCUT2D eigenvalue weighted by atomic mass is 19.3. The summed E-state index contributed by atoms with van der Waals surface area (Å²) in [6.45, 7) is 8.48. The van der Waals surface area contributed by atoms with Gasteiger partial charge in [0.2, 0.25) is 0 Å². The van der Waals surface area contributed by atoms with E-state index < -0.39 is 6.43 Å². The molecule has 2 nitrogen and oxygen atoms in total. The van der Waals surface area contributed by atoms with Crippen molar-refractivity contribution in [3.05, 3.63) is 35.4 Å². The monoisotopic (exact) mass is 297 g/mol. The van der Waals surface area contributed by atoms with E-state index in [9.17, 15) is 13.9 Å². The first-order chi connectivity index (χ1) is 9.78. The van der Waals surface area contributed by atoms with E-state index >= 15 is 0 Å². The molecule has 118 valence electrons. The Balaban J connectivity index is 2.16. The lowest BCUT2D eigenvalue weighted by Gasteiger charge is -2.46. The summed E-state index contributed by atoms with van der Waals surface area (Å²) in [4.78, 5) is 2.41. The molecule has 1 N–H and O–H groups in total. The number of alkyl halides is 2. The van der Waals surface area contributed by atoms with Crippen molar-refractivity contribution in [3.8, 4) is 0 Å². The fourth-order valence-corrected chi connectivity index (χ4v) is 3.13. The molecule has 2 rings (SSSR count). The number of aliphatic hydroxyl groups is 1. The summed E-state index contributed by atoms with van der Waals surface area (Å²) < 4.78 is 25.3. The smallest absolute Gasteiger partial charge is 0.263 e. The van der Waals surface area contributed by atoms with E-state index in [0.717, 1.165) is 31.5 Å². The summed E-state index contributed by atoms with van der Waals surface area (Å²) in [6.07, 6.45) is -0.726. The highest BCUT2D eigenvalue weighted by Gasteiger charge is 2.38. The van der Waals surface area contributed by atoms with Crippen LogP contribution in [0.1, 0.15) is 51.2 Å². The fourth-order valence-electron chi connectivity index (χ4n) is 3.13. The van der Waals surface area contributed by atoms with E-state index in [2.05, 4.69) is 25.7 Å². The average Bonchev–Trinajstić information content (AvgIpc) is 2.46. The Morgan fingerprint density at radius 3 is 2.05 bits per heavy atom. The quantitative estimate of drug-likeness (QED) is 0.918. The lowest BCUT2D eigenvalue weighted by atomic mass is 9.72. The number of hydrogen-bond acceptors (Lipinski definition) is 2. The summed E-state index contributed by atoms with van der Waals surface area (Å²) in [5.41, 5.74) is 0.853. The van der Waals surface area contributed by atoms with Crippen LogP contribution in [0.4, 0.5) is 8.78 Å². The molecule has 0 bridgehead atoms. The average molecular weight is 297 g/mol. The molecule has 1 aromatic rings. The van der Waals surface area contributed by atoms with E-state index in [0.29, 0.717) is 0 Å². The van der Waals surface area contributed by atoms with Crippen molar-refractivity contribution in [2.75, 3.05) is 19.7 Å². The normalized spacial score (nSPS) is 20.0. The van der Waals surface area contributed by atoms with Gasteiger partial charge in [0, 0.05) is 16.5 Å². The van der Waals surface area contributed by atoms with E-state index in [-0.39, 0.29) is 23.1 Å². The molecule has 21 heavy (non-hydrogen) atoms. The summed E-state index contributed by atoms with van der Waals surface area (Å²) in [7, 11) is 0. The third kappa shape index (κ3) is 3.43. The molecule has 1 heterocycles. The van der Waals surface area contributed by atoms with Crippen LogP contribution in [-0.4, -0.2) is 35.2 Å². The van der Waals surface area contributed by atoms with Crippen molar-refractivity contribution < 1.29 is 13.9 Å². The first-order valence-electron chi connectivity index (χ1n) is 7.53. The molecule has 0 atom stereocenters. The molecule has 1 saturated heterocycles. The maximum Gasteiger partial charge on any atom is 0.263 e.